The van der Waals surface area contributed by atoms with E-state index in [1.807, 2.05) is 0 Å². The number of alkyl halides is 3. The molecule has 34 heavy (non-hydrogen) atoms. The Bertz CT molecular complexity index is 1460. The second-order valence-electron chi connectivity index (χ2n) is 7.58. The van der Waals surface area contributed by atoms with Gasteiger partial charge in [0.05, 0.1) is 23.0 Å². The summed E-state index contributed by atoms with van der Waals surface area (Å²) in [4.78, 5) is 17.3. The Kier molecular flexibility index (Phi) is 5.04. The molecule has 0 saturated carbocycles. The molecule has 0 radical (unpaired) electrons. The van der Waals surface area contributed by atoms with Crippen LogP contribution in [0.25, 0.3) is 10.9 Å². The van der Waals surface area contributed by atoms with Gasteiger partial charge in [0.1, 0.15) is 22.8 Å². The van der Waals surface area contributed by atoms with Gasteiger partial charge in [-0.05, 0) is 24.6 Å². The number of aromatic amines is 1. The summed E-state index contributed by atoms with van der Waals surface area (Å²) in [5, 5.41) is 16.2. The number of hydrogen-bond acceptors (Lipinski definition) is 5. The Balaban J connectivity index is 1.59. The first-order valence-electron chi connectivity index (χ1n) is 9.82. The Labute approximate surface area is 193 Å². The number of rotatable bonds is 3. The maximum absolute atomic E-state index is 14.6. The van der Waals surface area contributed by atoms with E-state index in [9.17, 15) is 22.4 Å². The molecule has 1 amide bonds. The number of pyridine rings is 1. The third kappa shape index (κ3) is 3.75. The van der Waals surface area contributed by atoms with Gasteiger partial charge in [-0.2, -0.15) is 23.4 Å². The smallest absolute Gasteiger partial charge is 0.344 e. The molecular weight excluding hydrogens is 478 g/mol. The minimum Gasteiger partial charge on any atom is -0.344 e. The quantitative estimate of drug-likeness (QED) is 0.280. The number of anilines is 2. The van der Waals surface area contributed by atoms with E-state index in [-0.39, 0.29) is 27.9 Å². The molecule has 1 unspecified atom stereocenters. The fourth-order valence-corrected chi connectivity index (χ4v) is 3.92. The van der Waals surface area contributed by atoms with E-state index in [2.05, 4.69) is 30.9 Å². The van der Waals surface area contributed by atoms with Gasteiger partial charge in [0, 0.05) is 29.4 Å². The summed E-state index contributed by atoms with van der Waals surface area (Å²) in [7, 11) is 0. The molecule has 0 spiro atoms. The summed E-state index contributed by atoms with van der Waals surface area (Å²) >= 11 is 5.87. The molecule has 3 aromatic heterocycles. The average molecular weight is 492 g/mol. The van der Waals surface area contributed by atoms with E-state index in [0.29, 0.717) is 16.5 Å². The topological polar surface area (TPSA) is 101 Å². The lowest BCUT2D eigenvalue weighted by atomic mass is 9.96. The van der Waals surface area contributed by atoms with Crippen LogP contribution < -0.4 is 10.6 Å². The Morgan fingerprint density at radius 2 is 2.00 bits per heavy atom. The van der Waals surface area contributed by atoms with Crippen LogP contribution in [-0.4, -0.2) is 30.9 Å². The first kappa shape index (κ1) is 21.9. The number of benzene rings is 1. The third-order valence-electron chi connectivity index (χ3n) is 5.35. The zero-order chi connectivity index (χ0) is 24.2. The zero-order valence-electron chi connectivity index (χ0n) is 17.2. The number of allylic oxidation sites excluding steroid dienone is 1. The van der Waals surface area contributed by atoms with Crippen LogP contribution in [-0.2, 0) is 11.0 Å². The lowest BCUT2D eigenvalue weighted by Crippen LogP contribution is -2.31. The van der Waals surface area contributed by atoms with Gasteiger partial charge in [0.15, 0.2) is 5.69 Å². The van der Waals surface area contributed by atoms with E-state index >= 15 is 0 Å². The molecule has 5 rings (SSSR count). The molecule has 1 aliphatic heterocycles. The normalized spacial score (nSPS) is 15.9. The van der Waals surface area contributed by atoms with Gasteiger partial charge in [-0.15, -0.1) is 0 Å². The maximum atomic E-state index is 14.6. The molecule has 174 valence electrons. The molecular formula is C21H14ClF4N7O. The molecule has 0 fully saturated rings. The molecule has 0 bridgehead atoms. The van der Waals surface area contributed by atoms with E-state index in [1.54, 1.807) is 0 Å². The standard InChI is InChI=1S/C21H14ClF4N7O/c1-9-18(20(34)30-14-4-11-8-28-31-13(11)5-12(14)23)19(10-2-3-16(22)27-7-10)33-17(29-9)6-15(32-33)21(24,25)26/h2-8,19,29H,1H3,(H,28,31)(H,30,34). The predicted molar refractivity (Wildman–Crippen MR) is 116 cm³/mol. The van der Waals surface area contributed by atoms with E-state index < -0.39 is 29.6 Å². The highest BCUT2D eigenvalue weighted by Gasteiger charge is 2.39. The maximum Gasteiger partial charge on any atom is 0.435 e. The van der Waals surface area contributed by atoms with Gasteiger partial charge >= 0.3 is 6.18 Å². The summed E-state index contributed by atoms with van der Waals surface area (Å²) < 4.78 is 55.7. The van der Waals surface area contributed by atoms with Crippen LogP contribution in [0.3, 0.4) is 0 Å². The zero-order valence-corrected chi connectivity index (χ0v) is 18.0. The lowest BCUT2D eigenvalue weighted by molar-refractivity contribution is -0.141. The van der Waals surface area contributed by atoms with Crippen LogP contribution in [0.4, 0.5) is 29.1 Å². The fourth-order valence-electron chi connectivity index (χ4n) is 3.81. The second-order valence-corrected chi connectivity index (χ2v) is 7.97. The Hall–Kier alpha value is -3.93. The largest absolute Gasteiger partial charge is 0.435 e. The van der Waals surface area contributed by atoms with Crippen LogP contribution in [0.5, 0.6) is 0 Å². The van der Waals surface area contributed by atoms with E-state index in [4.69, 9.17) is 11.6 Å². The number of aromatic nitrogens is 5. The van der Waals surface area contributed by atoms with Crippen LogP contribution >= 0.6 is 11.6 Å². The number of nitrogens with one attached hydrogen (secondary N) is 3. The van der Waals surface area contributed by atoms with Crippen LogP contribution in [0, 0.1) is 5.82 Å². The van der Waals surface area contributed by atoms with Crippen molar-refractivity contribution in [2.75, 3.05) is 10.6 Å². The number of H-pyrrole nitrogens is 1. The fraction of sp³-hybridized carbons (Fsp3) is 0.143. The molecule has 3 N–H and O–H groups in total. The molecule has 1 aromatic carbocycles. The highest BCUT2D eigenvalue weighted by atomic mass is 35.5. The lowest BCUT2D eigenvalue weighted by Gasteiger charge is -2.29. The summed E-state index contributed by atoms with van der Waals surface area (Å²) in [5.74, 6) is -1.41. The summed E-state index contributed by atoms with van der Waals surface area (Å²) in [5.41, 5.74) is -0.152. The van der Waals surface area contributed by atoms with E-state index in [0.717, 1.165) is 10.7 Å². The van der Waals surface area contributed by atoms with Crippen LogP contribution in [0.1, 0.15) is 24.2 Å². The van der Waals surface area contributed by atoms with Gasteiger partial charge in [-0.3, -0.25) is 9.89 Å². The van der Waals surface area contributed by atoms with Crippen molar-refractivity contribution in [1.29, 1.82) is 0 Å². The number of fused-ring (bicyclic) bond motifs is 2. The molecule has 8 nitrogen and oxygen atoms in total. The van der Waals surface area contributed by atoms with Gasteiger partial charge in [-0.1, -0.05) is 17.7 Å². The van der Waals surface area contributed by atoms with Crippen molar-refractivity contribution in [2.24, 2.45) is 0 Å². The SMILES string of the molecule is CC1=C(C(=O)Nc2cc3cn[nH]c3cc2F)C(c2ccc(Cl)nc2)n2nc(C(F)(F)F)cc2N1. The van der Waals surface area contributed by atoms with Crippen LogP contribution in [0.2, 0.25) is 5.15 Å². The first-order chi connectivity index (χ1) is 16.1. The highest BCUT2D eigenvalue weighted by Crippen LogP contribution is 2.39. The van der Waals surface area contributed by atoms with Gasteiger partial charge in [0.25, 0.3) is 5.91 Å². The minimum atomic E-state index is -4.70. The number of nitrogens with zero attached hydrogens (tertiary/aromatic N) is 4. The monoisotopic (exact) mass is 491 g/mol. The van der Waals surface area contributed by atoms with Crippen molar-refractivity contribution in [3.05, 3.63) is 76.2 Å². The first-order valence-corrected chi connectivity index (χ1v) is 10.2. The Morgan fingerprint density at radius 1 is 1.21 bits per heavy atom. The van der Waals surface area contributed by atoms with Crippen molar-refractivity contribution < 1.29 is 22.4 Å². The Morgan fingerprint density at radius 3 is 2.71 bits per heavy atom. The average Bonchev–Trinajstić information content (AvgIpc) is 3.40. The molecule has 1 atom stereocenters. The minimum absolute atomic E-state index is 0.0279. The highest BCUT2D eigenvalue weighted by molar-refractivity contribution is 6.29. The molecule has 0 saturated heterocycles. The van der Waals surface area contributed by atoms with Crippen molar-refractivity contribution in [2.45, 2.75) is 19.1 Å². The van der Waals surface area contributed by atoms with Crippen molar-refractivity contribution in [3.63, 3.8) is 0 Å². The molecule has 0 aliphatic carbocycles. The number of hydrogen-bond donors (Lipinski definition) is 3. The molecule has 4 heterocycles. The van der Waals surface area contributed by atoms with E-state index in [1.165, 1.54) is 43.6 Å². The van der Waals surface area contributed by atoms with Gasteiger partial charge < -0.3 is 10.6 Å². The number of halogens is 5. The molecule has 4 aromatic rings. The number of amides is 1. The third-order valence-corrected chi connectivity index (χ3v) is 5.57. The van der Waals surface area contributed by atoms with Crippen LogP contribution in [0.15, 0.2) is 54.0 Å². The predicted octanol–water partition coefficient (Wildman–Crippen LogP) is 4.89. The summed E-state index contributed by atoms with van der Waals surface area (Å²) in [6.07, 6.45) is -1.89. The number of carbonyl (C=O) groups is 1. The van der Waals surface area contributed by atoms with Crippen molar-refractivity contribution in [3.8, 4) is 0 Å². The summed E-state index contributed by atoms with van der Waals surface area (Å²) in [6, 6.07) is 5.32. The van der Waals surface area contributed by atoms with Crippen molar-refractivity contribution in [1.82, 2.24) is 25.0 Å². The van der Waals surface area contributed by atoms with Gasteiger partial charge in [0.2, 0.25) is 0 Å². The molecule has 1 aliphatic rings. The van der Waals surface area contributed by atoms with Gasteiger partial charge in [-0.25, -0.2) is 14.1 Å². The number of carbonyl (C=O) groups excluding carboxylic acids is 1. The summed E-state index contributed by atoms with van der Waals surface area (Å²) in [6.45, 7) is 1.53. The van der Waals surface area contributed by atoms with Crippen molar-refractivity contribution >= 4 is 39.9 Å². The molecule has 13 heteroatoms. The second kappa shape index (κ2) is 7.83.